The van der Waals surface area contributed by atoms with Crippen LogP contribution in [-0.2, 0) is 0 Å². The number of hydrogen-bond donors (Lipinski definition) is 1. The van der Waals surface area contributed by atoms with Crippen LogP contribution in [0.25, 0.3) is 0 Å². The lowest BCUT2D eigenvalue weighted by molar-refractivity contribution is 0.191. The fraction of sp³-hybridized carbons (Fsp3) is 1.00. The van der Waals surface area contributed by atoms with E-state index < -0.39 is 0 Å². The van der Waals surface area contributed by atoms with Crippen molar-refractivity contribution in [1.29, 1.82) is 0 Å². The number of alkyl halides is 2. The van der Waals surface area contributed by atoms with Crippen molar-refractivity contribution in [2.75, 3.05) is 8.86 Å². The highest BCUT2D eigenvalue weighted by Gasteiger charge is 2.36. The summed E-state index contributed by atoms with van der Waals surface area (Å²) >= 11 is 9.76. The van der Waals surface area contributed by atoms with Gasteiger partial charge >= 0.3 is 0 Å². The molecule has 1 saturated carbocycles. The predicted molar refractivity (Wildman–Crippen MR) is 80.7 cm³/mol. The lowest BCUT2D eigenvalue weighted by atomic mass is 9.70. The Morgan fingerprint density at radius 1 is 1.15 bits per heavy atom. The smallest absolute Gasteiger partial charge is 0.0219 e. The molecule has 1 aliphatic rings. The summed E-state index contributed by atoms with van der Waals surface area (Å²) < 4.78 is 2.86. The van der Waals surface area contributed by atoms with E-state index in [0.29, 0.717) is 10.2 Å². The molecule has 0 saturated heterocycles. The molecular formula is C10H18I2S. The summed E-state index contributed by atoms with van der Waals surface area (Å²) in [5.41, 5.74) is 0.624. The van der Waals surface area contributed by atoms with Crippen LogP contribution >= 0.6 is 57.8 Å². The van der Waals surface area contributed by atoms with Crippen molar-refractivity contribution in [2.45, 2.75) is 43.8 Å². The molecule has 0 aromatic rings. The Balaban J connectivity index is 2.46. The van der Waals surface area contributed by atoms with Crippen molar-refractivity contribution in [3.05, 3.63) is 0 Å². The van der Waals surface area contributed by atoms with Crippen molar-refractivity contribution in [3.63, 3.8) is 0 Å². The second-order valence-corrected chi connectivity index (χ2v) is 7.40. The van der Waals surface area contributed by atoms with Gasteiger partial charge in [-0.15, -0.1) is 0 Å². The summed E-state index contributed by atoms with van der Waals surface area (Å²) in [5.74, 6) is 0. The number of hydrogen-bond acceptors (Lipinski definition) is 1. The molecule has 0 amide bonds. The average molecular weight is 424 g/mol. The van der Waals surface area contributed by atoms with Crippen LogP contribution < -0.4 is 0 Å². The van der Waals surface area contributed by atoms with Gasteiger partial charge in [0.05, 0.1) is 0 Å². The first kappa shape index (κ1) is 12.9. The first-order valence-electron chi connectivity index (χ1n) is 4.88. The van der Waals surface area contributed by atoms with Crippen molar-refractivity contribution in [1.82, 2.24) is 0 Å². The Morgan fingerprint density at radius 2 is 1.69 bits per heavy atom. The Kier molecular flexibility index (Phi) is 5.18. The minimum atomic E-state index is 0.353. The summed E-state index contributed by atoms with van der Waals surface area (Å²) in [7, 11) is 0. The highest BCUT2D eigenvalue weighted by molar-refractivity contribution is 14.1. The summed E-state index contributed by atoms with van der Waals surface area (Å²) in [5, 5.41) is 0. The van der Waals surface area contributed by atoms with E-state index in [-0.39, 0.29) is 0 Å². The summed E-state index contributed by atoms with van der Waals surface area (Å²) in [6.45, 7) is 2.45. The van der Waals surface area contributed by atoms with Crippen LogP contribution in [0.3, 0.4) is 0 Å². The van der Waals surface area contributed by atoms with Gasteiger partial charge in [-0.3, -0.25) is 0 Å². The molecule has 0 spiro atoms. The van der Waals surface area contributed by atoms with Crippen LogP contribution in [0.2, 0.25) is 0 Å². The molecule has 0 bridgehead atoms. The molecule has 0 nitrogen and oxygen atoms in total. The summed E-state index contributed by atoms with van der Waals surface area (Å²) in [6.07, 6.45) is 6.77. The standard InChI is InChI=1S/C10H18I2S/c1-9(6-7-11)2-4-10(13,8-12)5-3-9/h13H,2-8H2,1H3. The number of halogens is 2. The zero-order valence-corrected chi connectivity index (χ0v) is 13.4. The van der Waals surface area contributed by atoms with Gasteiger partial charge in [-0.25, -0.2) is 0 Å². The van der Waals surface area contributed by atoms with Gasteiger partial charge in [0, 0.05) is 13.6 Å². The molecule has 0 N–H and O–H groups in total. The Labute approximate surface area is 115 Å². The molecule has 0 radical (unpaired) electrons. The highest BCUT2D eigenvalue weighted by atomic mass is 127. The van der Waals surface area contributed by atoms with E-state index in [1.807, 2.05) is 0 Å². The van der Waals surface area contributed by atoms with Crippen LogP contribution in [0, 0.1) is 5.41 Å². The number of rotatable bonds is 3. The van der Waals surface area contributed by atoms with Crippen LogP contribution in [0.5, 0.6) is 0 Å². The van der Waals surface area contributed by atoms with Crippen LogP contribution in [0.15, 0.2) is 0 Å². The molecular weight excluding hydrogens is 406 g/mol. The third kappa shape index (κ3) is 3.70. The van der Waals surface area contributed by atoms with Gasteiger partial charge in [-0.2, -0.15) is 12.6 Å². The van der Waals surface area contributed by atoms with Crippen LogP contribution in [0.1, 0.15) is 39.0 Å². The SMILES string of the molecule is CC1(CCI)CCC(S)(CI)CC1. The molecule has 13 heavy (non-hydrogen) atoms. The molecule has 1 rings (SSSR count). The fourth-order valence-corrected chi connectivity index (χ4v) is 4.22. The van der Waals surface area contributed by atoms with E-state index in [4.69, 9.17) is 12.6 Å². The molecule has 0 atom stereocenters. The molecule has 1 aliphatic carbocycles. The van der Waals surface area contributed by atoms with E-state index in [2.05, 4.69) is 52.1 Å². The first-order valence-corrected chi connectivity index (χ1v) is 8.38. The predicted octanol–water partition coefficient (Wildman–Crippen LogP) is 4.50. The maximum atomic E-state index is 4.79. The van der Waals surface area contributed by atoms with Gasteiger partial charge in [0.25, 0.3) is 0 Å². The molecule has 3 heteroatoms. The number of thiol groups is 1. The molecule has 0 unspecified atom stereocenters. The monoisotopic (exact) mass is 424 g/mol. The molecule has 78 valence electrons. The summed E-state index contributed by atoms with van der Waals surface area (Å²) in [4.78, 5) is 0. The minimum absolute atomic E-state index is 0.353. The van der Waals surface area contributed by atoms with Gasteiger partial charge in [-0.1, -0.05) is 52.1 Å². The lowest BCUT2D eigenvalue weighted by Crippen LogP contribution is -2.35. The summed E-state index contributed by atoms with van der Waals surface area (Å²) in [6, 6.07) is 0. The Bertz CT molecular complexity index is 162. The molecule has 0 aromatic heterocycles. The second kappa shape index (κ2) is 5.23. The van der Waals surface area contributed by atoms with Crippen LogP contribution in [0.4, 0.5) is 0 Å². The minimum Gasteiger partial charge on any atom is -0.172 e. The van der Waals surface area contributed by atoms with E-state index in [1.54, 1.807) is 0 Å². The van der Waals surface area contributed by atoms with Crippen molar-refractivity contribution in [2.24, 2.45) is 5.41 Å². The Hall–Kier alpha value is 1.81. The zero-order valence-electron chi connectivity index (χ0n) is 8.15. The largest absolute Gasteiger partial charge is 0.172 e. The molecule has 0 aliphatic heterocycles. The van der Waals surface area contributed by atoms with Gasteiger partial charge in [0.2, 0.25) is 0 Å². The normalized spacial score (nSPS) is 40.6. The zero-order chi connectivity index (χ0) is 9.95. The quantitative estimate of drug-likeness (QED) is 0.385. The van der Waals surface area contributed by atoms with Gasteiger partial charge in [0.15, 0.2) is 0 Å². The third-order valence-electron chi connectivity index (χ3n) is 3.33. The van der Waals surface area contributed by atoms with Crippen molar-refractivity contribution < 1.29 is 0 Å². The van der Waals surface area contributed by atoms with Gasteiger partial charge in [-0.05, 0) is 37.5 Å². The van der Waals surface area contributed by atoms with Gasteiger partial charge < -0.3 is 0 Å². The van der Waals surface area contributed by atoms with E-state index in [1.165, 1.54) is 41.0 Å². The maximum absolute atomic E-state index is 4.79. The third-order valence-corrected chi connectivity index (χ3v) is 6.54. The van der Waals surface area contributed by atoms with E-state index >= 15 is 0 Å². The maximum Gasteiger partial charge on any atom is 0.0219 e. The topological polar surface area (TPSA) is 0 Å². The molecule has 1 fully saturated rings. The van der Waals surface area contributed by atoms with Crippen LogP contribution in [-0.4, -0.2) is 13.6 Å². The van der Waals surface area contributed by atoms with E-state index in [0.717, 1.165) is 0 Å². The van der Waals surface area contributed by atoms with Crippen molar-refractivity contribution >= 4 is 57.8 Å². The van der Waals surface area contributed by atoms with Gasteiger partial charge in [0.1, 0.15) is 0 Å². The van der Waals surface area contributed by atoms with E-state index in [9.17, 15) is 0 Å². The second-order valence-electron chi connectivity index (χ2n) is 4.61. The fourth-order valence-electron chi connectivity index (χ4n) is 1.93. The van der Waals surface area contributed by atoms with Crippen molar-refractivity contribution in [3.8, 4) is 0 Å². The molecule has 0 heterocycles. The average Bonchev–Trinajstić information content (AvgIpc) is 2.12. The Morgan fingerprint density at radius 3 is 2.08 bits per heavy atom. The highest BCUT2D eigenvalue weighted by Crippen LogP contribution is 2.46. The molecule has 0 aromatic carbocycles. The first-order chi connectivity index (χ1) is 6.04. The lowest BCUT2D eigenvalue weighted by Gasteiger charge is -2.41.